The number of hydrogen-bond donors (Lipinski definition) is 1. The van der Waals surface area contributed by atoms with Crippen molar-refractivity contribution >= 4 is 15.9 Å². The van der Waals surface area contributed by atoms with E-state index in [0.717, 1.165) is 32.5 Å². The van der Waals surface area contributed by atoms with E-state index in [1.54, 1.807) is 30.3 Å². The van der Waals surface area contributed by atoms with Gasteiger partial charge in [-0.1, -0.05) is 48.0 Å². The van der Waals surface area contributed by atoms with E-state index < -0.39 is 16.1 Å². The SMILES string of the molecule is Cc1cccc(CN2CCC(NC(=O)C3CCCN3S(=O)(=O)c3ccccc3)CC2)c1. The van der Waals surface area contributed by atoms with Gasteiger partial charge in [-0.05, 0) is 50.3 Å². The summed E-state index contributed by atoms with van der Waals surface area (Å²) in [6, 6.07) is 16.4. The summed E-state index contributed by atoms with van der Waals surface area (Å²) in [6.45, 7) is 5.28. The lowest BCUT2D eigenvalue weighted by atomic mass is 10.0. The first-order chi connectivity index (χ1) is 14.9. The highest BCUT2D eigenvalue weighted by Crippen LogP contribution is 2.26. The van der Waals surface area contributed by atoms with Crippen LogP contribution in [0.1, 0.15) is 36.8 Å². The lowest BCUT2D eigenvalue weighted by molar-refractivity contribution is -0.125. The molecule has 2 aromatic rings. The smallest absolute Gasteiger partial charge is 0.243 e. The maximum absolute atomic E-state index is 13.0. The molecule has 2 aliphatic heterocycles. The Hall–Kier alpha value is -2.22. The summed E-state index contributed by atoms with van der Waals surface area (Å²) < 4.78 is 27.4. The summed E-state index contributed by atoms with van der Waals surface area (Å²) in [5.41, 5.74) is 2.58. The van der Waals surface area contributed by atoms with E-state index in [0.29, 0.717) is 19.4 Å². The van der Waals surface area contributed by atoms with Crippen molar-refractivity contribution in [3.8, 4) is 0 Å². The van der Waals surface area contributed by atoms with Gasteiger partial charge in [-0.2, -0.15) is 4.31 Å². The van der Waals surface area contributed by atoms with Crippen molar-refractivity contribution in [3.63, 3.8) is 0 Å². The highest BCUT2D eigenvalue weighted by Gasteiger charge is 2.40. The van der Waals surface area contributed by atoms with Gasteiger partial charge in [0.1, 0.15) is 6.04 Å². The summed E-state index contributed by atoms with van der Waals surface area (Å²) in [6.07, 6.45) is 3.05. The minimum absolute atomic E-state index is 0.100. The standard InChI is InChI=1S/C24H31N3O3S/c1-19-7-5-8-20(17-19)18-26-15-12-21(13-16-26)25-24(28)23-11-6-14-27(23)31(29,30)22-9-3-2-4-10-22/h2-5,7-10,17,21,23H,6,11-16,18H2,1H3,(H,25,28). The molecule has 1 atom stereocenters. The fourth-order valence-electron chi connectivity index (χ4n) is 4.62. The molecular formula is C24H31N3O3S. The van der Waals surface area contributed by atoms with E-state index in [9.17, 15) is 13.2 Å². The number of carbonyl (C=O) groups is 1. The molecule has 31 heavy (non-hydrogen) atoms. The van der Waals surface area contributed by atoms with Crippen molar-refractivity contribution in [2.45, 2.75) is 56.1 Å². The summed E-state index contributed by atoms with van der Waals surface area (Å²) in [5, 5.41) is 3.14. The molecule has 6 nitrogen and oxygen atoms in total. The lowest BCUT2D eigenvalue weighted by Crippen LogP contribution is -2.51. The third-order valence-corrected chi connectivity index (χ3v) is 8.20. The third kappa shape index (κ3) is 5.17. The first kappa shape index (κ1) is 22.0. The second kappa shape index (κ2) is 9.51. The van der Waals surface area contributed by atoms with Gasteiger partial charge in [-0.25, -0.2) is 8.42 Å². The first-order valence-electron chi connectivity index (χ1n) is 11.1. The fraction of sp³-hybridized carbons (Fsp3) is 0.458. The highest BCUT2D eigenvalue weighted by atomic mass is 32.2. The van der Waals surface area contributed by atoms with Crippen molar-refractivity contribution < 1.29 is 13.2 Å². The first-order valence-corrected chi connectivity index (χ1v) is 12.5. The number of sulfonamides is 1. The number of aryl methyl sites for hydroxylation is 1. The van der Waals surface area contributed by atoms with E-state index in [2.05, 4.69) is 41.4 Å². The summed E-state index contributed by atoms with van der Waals surface area (Å²) >= 11 is 0. The third-order valence-electron chi connectivity index (χ3n) is 6.28. The molecule has 0 radical (unpaired) electrons. The van der Waals surface area contributed by atoms with Crippen LogP contribution in [-0.2, 0) is 21.4 Å². The zero-order chi connectivity index (χ0) is 21.8. The Balaban J connectivity index is 1.32. The predicted octanol–water partition coefficient (Wildman–Crippen LogP) is 2.93. The van der Waals surface area contributed by atoms with Crippen molar-refractivity contribution in [2.24, 2.45) is 0 Å². The fourth-order valence-corrected chi connectivity index (χ4v) is 6.30. The van der Waals surface area contributed by atoms with Crippen LogP contribution in [0.5, 0.6) is 0 Å². The molecular weight excluding hydrogens is 410 g/mol. The van der Waals surface area contributed by atoms with Crippen LogP contribution in [0.2, 0.25) is 0 Å². The average molecular weight is 442 g/mol. The predicted molar refractivity (Wildman–Crippen MR) is 121 cm³/mol. The van der Waals surface area contributed by atoms with Gasteiger partial charge < -0.3 is 5.32 Å². The van der Waals surface area contributed by atoms with Gasteiger partial charge in [0.05, 0.1) is 4.90 Å². The molecule has 0 aliphatic carbocycles. The molecule has 1 amide bonds. The molecule has 166 valence electrons. The van der Waals surface area contributed by atoms with E-state index in [4.69, 9.17) is 0 Å². The lowest BCUT2D eigenvalue weighted by Gasteiger charge is -2.33. The molecule has 2 aromatic carbocycles. The molecule has 2 aliphatic rings. The molecule has 1 unspecified atom stereocenters. The zero-order valence-electron chi connectivity index (χ0n) is 18.0. The van der Waals surface area contributed by atoms with E-state index in [1.807, 2.05) is 0 Å². The summed E-state index contributed by atoms with van der Waals surface area (Å²) in [5.74, 6) is -0.158. The number of rotatable bonds is 6. The number of piperidine rings is 1. The van der Waals surface area contributed by atoms with Crippen LogP contribution in [0, 0.1) is 6.92 Å². The molecule has 2 saturated heterocycles. The molecule has 0 aromatic heterocycles. The largest absolute Gasteiger partial charge is 0.352 e. The van der Waals surface area contributed by atoms with Crippen molar-refractivity contribution in [1.82, 2.24) is 14.5 Å². The van der Waals surface area contributed by atoms with Crippen LogP contribution < -0.4 is 5.32 Å². The number of hydrogen-bond acceptors (Lipinski definition) is 4. The zero-order valence-corrected chi connectivity index (χ0v) is 18.9. The number of nitrogens with zero attached hydrogens (tertiary/aromatic N) is 2. The maximum atomic E-state index is 13.0. The minimum Gasteiger partial charge on any atom is -0.352 e. The second-order valence-corrected chi connectivity index (χ2v) is 10.5. The van der Waals surface area contributed by atoms with Gasteiger partial charge in [0, 0.05) is 32.2 Å². The van der Waals surface area contributed by atoms with E-state index in [1.165, 1.54) is 15.4 Å². The van der Waals surface area contributed by atoms with Gasteiger partial charge in [-0.3, -0.25) is 9.69 Å². The van der Waals surface area contributed by atoms with Crippen LogP contribution in [0.15, 0.2) is 59.5 Å². The van der Waals surface area contributed by atoms with Crippen LogP contribution in [0.4, 0.5) is 0 Å². The number of likely N-dealkylation sites (tertiary alicyclic amines) is 1. The summed E-state index contributed by atoms with van der Waals surface area (Å²) in [4.78, 5) is 15.6. The topological polar surface area (TPSA) is 69.7 Å². The molecule has 0 saturated carbocycles. The Labute approximate surface area is 185 Å². The Morgan fingerprint density at radius 1 is 1.00 bits per heavy atom. The maximum Gasteiger partial charge on any atom is 0.243 e. The molecule has 2 heterocycles. The molecule has 0 bridgehead atoms. The Kier molecular flexibility index (Phi) is 6.74. The molecule has 4 rings (SSSR count). The minimum atomic E-state index is -3.66. The molecule has 0 spiro atoms. The van der Waals surface area contributed by atoms with Crippen LogP contribution in [-0.4, -0.2) is 55.2 Å². The van der Waals surface area contributed by atoms with Gasteiger partial charge in [0.2, 0.25) is 15.9 Å². The molecule has 2 fully saturated rings. The van der Waals surface area contributed by atoms with Gasteiger partial charge in [0.25, 0.3) is 0 Å². The van der Waals surface area contributed by atoms with Gasteiger partial charge in [-0.15, -0.1) is 0 Å². The van der Waals surface area contributed by atoms with Gasteiger partial charge >= 0.3 is 0 Å². The Morgan fingerprint density at radius 3 is 2.45 bits per heavy atom. The average Bonchev–Trinajstić information content (AvgIpc) is 3.27. The second-order valence-electron chi connectivity index (χ2n) is 8.63. The Morgan fingerprint density at radius 2 is 1.74 bits per heavy atom. The van der Waals surface area contributed by atoms with Crippen molar-refractivity contribution in [1.29, 1.82) is 0 Å². The van der Waals surface area contributed by atoms with Crippen molar-refractivity contribution in [2.75, 3.05) is 19.6 Å². The monoisotopic (exact) mass is 441 g/mol. The number of benzene rings is 2. The number of carbonyl (C=O) groups excluding carboxylic acids is 1. The highest BCUT2D eigenvalue weighted by molar-refractivity contribution is 7.89. The quantitative estimate of drug-likeness (QED) is 0.748. The van der Waals surface area contributed by atoms with E-state index in [-0.39, 0.29) is 16.8 Å². The van der Waals surface area contributed by atoms with Crippen LogP contribution in [0.3, 0.4) is 0 Å². The Bertz CT molecular complexity index is 1000. The molecule has 1 N–H and O–H groups in total. The van der Waals surface area contributed by atoms with Gasteiger partial charge in [0.15, 0.2) is 0 Å². The van der Waals surface area contributed by atoms with Crippen LogP contribution >= 0.6 is 0 Å². The van der Waals surface area contributed by atoms with Crippen molar-refractivity contribution in [3.05, 3.63) is 65.7 Å². The summed E-state index contributed by atoms with van der Waals surface area (Å²) in [7, 11) is -3.66. The number of nitrogens with one attached hydrogen (secondary N) is 1. The number of amides is 1. The normalized spacial score (nSPS) is 21.3. The van der Waals surface area contributed by atoms with Crippen LogP contribution in [0.25, 0.3) is 0 Å². The van der Waals surface area contributed by atoms with E-state index >= 15 is 0 Å². The molecule has 7 heteroatoms.